The monoisotopic (exact) mass is 475 g/mol. The minimum atomic E-state index is -1.08. The van der Waals surface area contributed by atoms with Gasteiger partial charge in [0.15, 0.2) is 0 Å². The van der Waals surface area contributed by atoms with E-state index in [1.54, 1.807) is 49.6 Å². The van der Waals surface area contributed by atoms with E-state index in [2.05, 4.69) is 4.98 Å². The van der Waals surface area contributed by atoms with Gasteiger partial charge in [-0.3, -0.25) is 0 Å². The summed E-state index contributed by atoms with van der Waals surface area (Å²) in [6.07, 6.45) is 0. The van der Waals surface area contributed by atoms with E-state index >= 15 is 0 Å². The molecule has 0 saturated heterocycles. The van der Waals surface area contributed by atoms with Gasteiger partial charge in [0.25, 0.3) is 0 Å². The maximum atomic E-state index is 11.8. The summed E-state index contributed by atoms with van der Waals surface area (Å²) in [4.78, 5) is 16.4. The Hall–Kier alpha value is -4.03. The first-order valence-corrected chi connectivity index (χ1v) is 10.9. The molecule has 0 fully saturated rings. The summed E-state index contributed by atoms with van der Waals surface area (Å²) >= 11 is 5.92. The Morgan fingerprint density at radius 1 is 0.882 bits per heavy atom. The lowest BCUT2D eigenvalue weighted by atomic mass is 10.1. The highest BCUT2D eigenvalue weighted by Crippen LogP contribution is 2.34. The zero-order valence-electron chi connectivity index (χ0n) is 18.4. The molecular formula is C27H22ClNO5. The third kappa shape index (κ3) is 5.66. The van der Waals surface area contributed by atoms with E-state index in [1.807, 2.05) is 36.4 Å². The molecule has 34 heavy (non-hydrogen) atoms. The minimum Gasteiger partial charge on any atom is -0.497 e. The van der Waals surface area contributed by atoms with Crippen molar-refractivity contribution in [2.75, 3.05) is 7.11 Å². The van der Waals surface area contributed by atoms with Gasteiger partial charge in [-0.1, -0.05) is 41.9 Å². The predicted octanol–water partition coefficient (Wildman–Crippen LogP) is 6.27. The van der Waals surface area contributed by atoms with Crippen molar-refractivity contribution < 1.29 is 24.1 Å². The Kier molecular flexibility index (Phi) is 7.30. The van der Waals surface area contributed by atoms with E-state index < -0.39 is 5.97 Å². The van der Waals surface area contributed by atoms with Gasteiger partial charge in [-0.05, 0) is 54.1 Å². The molecule has 4 aromatic rings. The summed E-state index contributed by atoms with van der Waals surface area (Å²) in [5.41, 5.74) is 2.65. The SMILES string of the molecule is COc1ccc(-c2ccc(C(=O)O)c(COc3ccc(Cl)cc3)n2)c(OCc2ccccc2)c1. The highest BCUT2D eigenvalue weighted by molar-refractivity contribution is 6.30. The molecule has 1 heterocycles. The highest BCUT2D eigenvalue weighted by atomic mass is 35.5. The van der Waals surface area contributed by atoms with E-state index in [9.17, 15) is 9.90 Å². The molecule has 0 atom stereocenters. The van der Waals surface area contributed by atoms with E-state index in [-0.39, 0.29) is 12.2 Å². The number of carbonyl (C=O) groups is 1. The molecule has 0 unspecified atom stereocenters. The van der Waals surface area contributed by atoms with Crippen LogP contribution in [0.3, 0.4) is 0 Å². The smallest absolute Gasteiger partial charge is 0.337 e. The first-order valence-electron chi connectivity index (χ1n) is 10.5. The van der Waals surface area contributed by atoms with Crippen molar-refractivity contribution in [3.8, 4) is 28.5 Å². The molecule has 7 heteroatoms. The first-order chi connectivity index (χ1) is 16.5. The molecular weight excluding hydrogens is 454 g/mol. The molecule has 3 aromatic carbocycles. The standard InChI is InChI=1S/C27H22ClNO5/c1-32-21-11-12-22(26(15-21)34-16-18-5-3-2-4-6-18)24-14-13-23(27(30)31)25(29-24)17-33-20-9-7-19(28)8-10-20/h2-15H,16-17H2,1H3,(H,30,31). The Balaban J connectivity index is 1.65. The van der Waals surface area contributed by atoms with Gasteiger partial charge in [0.05, 0.1) is 24.1 Å². The molecule has 1 N–H and O–H groups in total. The average molecular weight is 476 g/mol. The number of aromatic nitrogens is 1. The second kappa shape index (κ2) is 10.7. The second-order valence-electron chi connectivity index (χ2n) is 7.37. The van der Waals surface area contributed by atoms with E-state index in [4.69, 9.17) is 25.8 Å². The third-order valence-electron chi connectivity index (χ3n) is 5.10. The quantitative estimate of drug-likeness (QED) is 0.307. The van der Waals surface area contributed by atoms with Crippen molar-refractivity contribution in [1.29, 1.82) is 0 Å². The zero-order valence-corrected chi connectivity index (χ0v) is 19.2. The molecule has 0 amide bonds. The Labute approximate surface area is 202 Å². The average Bonchev–Trinajstić information content (AvgIpc) is 2.87. The lowest BCUT2D eigenvalue weighted by molar-refractivity contribution is 0.0693. The molecule has 0 aliphatic heterocycles. The van der Waals surface area contributed by atoms with Crippen molar-refractivity contribution >= 4 is 17.6 Å². The molecule has 0 bridgehead atoms. The van der Waals surface area contributed by atoms with Crippen LogP contribution < -0.4 is 14.2 Å². The fourth-order valence-electron chi connectivity index (χ4n) is 3.33. The largest absolute Gasteiger partial charge is 0.497 e. The maximum absolute atomic E-state index is 11.8. The van der Waals surface area contributed by atoms with E-state index in [0.717, 1.165) is 5.56 Å². The number of carboxylic acid groups (broad SMARTS) is 1. The number of nitrogens with zero attached hydrogens (tertiary/aromatic N) is 1. The number of halogens is 1. The normalized spacial score (nSPS) is 10.5. The molecule has 0 spiro atoms. The molecule has 1 aromatic heterocycles. The fraction of sp³-hybridized carbons (Fsp3) is 0.111. The van der Waals surface area contributed by atoms with Gasteiger partial charge in [0, 0.05) is 16.7 Å². The van der Waals surface area contributed by atoms with Gasteiger partial charge >= 0.3 is 5.97 Å². The van der Waals surface area contributed by atoms with Crippen LogP contribution in [0, 0.1) is 0 Å². The van der Waals surface area contributed by atoms with Crippen LogP contribution in [0.25, 0.3) is 11.3 Å². The predicted molar refractivity (Wildman–Crippen MR) is 130 cm³/mol. The van der Waals surface area contributed by atoms with Crippen molar-refractivity contribution in [3.05, 3.63) is 107 Å². The lowest BCUT2D eigenvalue weighted by Crippen LogP contribution is -2.09. The Morgan fingerprint density at radius 3 is 2.32 bits per heavy atom. The summed E-state index contributed by atoms with van der Waals surface area (Å²) in [7, 11) is 1.59. The van der Waals surface area contributed by atoms with Crippen LogP contribution in [0.15, 0.2) is 84.9 Å². The number of methoxy groups -OCH3 is 1. The Morgan fingerprint density at radius 2 is 1.62 bits per heavy atom. The summed E-state index contributed by atoms with van der Waals surface area (Å²) in [5.74, 6) is 0.692. The number of hydrogen-bond acceptors (Lipinski definition) is 5. The van der Waals surface area contributed by atoms with Gasteiger partial charge < -0.3 is 19.3 Å². The van der Waals surface area contributed by atoms with E-state index in [0.29, 0.717) is 45.8 Å². The molecule has 0 aliphatic carbocycles. The van der Waals surface area contributed by atoms with Gasteiger partial charge in [0.1, 0.15) is 30.5 Å². The highest BCUT2D eigenvalue weighted by Gasteiger charge is 2.17. The van der Waals surface area contributed by atoms with Crippen molar-refractivity contribution in [3.63, 3.8) is 0 Å². The molecule has 0 radical (unpaired) electrons. The van der Waals surface area contributed by atoms with Gasteiger partial charge in [-0.15, -0.1) is 0 Å². The third-order valence-corrected chi connectivity index (χ3v) is 5.35. The number of carboxylic acids is 1. The summed E-state index contributed by atoms with van der Waals surface area (Å²) in [6.45, 7) is 0.341. The van der Waals surface area contributed by atoms with Crippen molar-refractivity contribution in [2.45, 2.75) is 13.2 Å². The topological polar surface area (TPSA) is 77.9 Å². The maximum Gasteiger partial charge on any atom is 0.337 e. The summed E-state index contributed by atoms with van der Waals surface area (Å²) in [6, 6.07) is 25.2. The van der Waals surface area contributed by atoms with Gasteiger partial charge in [0.2, 0.25) is 0 Å². The second-order valence-corrected chi connectivity index (χ2v) is 7.81. The van der Waals surface area contributed by atoms with Crippen LogP contribution >= 0.6 is 11.6 Å². The van der Waals surface area contributed by atoms with E-state index in [1.165, 1.54) is 6.07 Å². The minimum absolute atomic E-state index is 0.0204. The molecule has 4 rings (SSSR count). The van der Waals surface area contributed by atoms with Crippen LogP contribution in [-0.2, 0) is 13.2 Å². The Bertz CT molecular complexity index is 1280. The van der Waals surface area contributed by atoms with Crippen LogP contribution in [0.1, 0.15) is 21.6 Å². The van der Waals surface area contributed by atoms with Crippen LogP contribution in [0.5, 0.6) is 17.2 Å². The number of benzene rings is 3. The summed E-state index contributed by atoms with van der Waals surface area (Å²) in [5, 5.41) is 10.2. The summed E-state index contributed by atoms with van der Waals surface area (Å²) < 4.78 is 17.2. The molecule has 6 nitrogen and oxygen atoms in total. The number of ether oxygens (including phenoxy) is 3. The van der Waals surface area contributed by atoms with Crippen molar-refractivity contribution in [1.82, 2.24) is 4.98 Å². The number of pyridine rings is 1. The molecule has 172 valence electrons. The number of aromatic carboxylic acids is 1. The lowest BCUT2D eigenvalue weighted by Gasteiger charge is -2.15. The molecule has 0 aliphatic rings. The van der Waals surface area contributed by atoms with Crippen LogP contribution in [0.4, 0.5) is 0 Å². The molecule has 0 saturated carbocycles. The number of hydrogen-bond donors (Lipinski definition) is 1. The van der Waals surface area contributed by atoms with Crippen molar-refractivity contribution in [2.24, 2.45) is 0 Å². The fourth-order valence-corrected chi connectivity index (χ4v) is 3.46. The van der Waals surface area contributed by atoms with Crippen LogP contribution in [-0.4, -0.2) is 23.2 Å². The first kappa shape index (κ1) is 23.1. The zero-order chi connectivity index (χ0) is 23.9. The van der Waals surface area contributed by atoms with Gasteiger partial charge in [-0.25, -0.2) is 9.78 Å². The van der Waals surface area contributed by atoms with Gasteiger partial charge in [-0.2, -0.15) is 0 Å². The van der Waals surface area contributed by atoms with Crippen LogP contribution in [0.2, 0.25) is 5.02 Å². The number of rotatable bonds is 9.